The lowest BCUT2D eigenvalue weighted by Crippen LogP contribution is -2.34. The molecule has 5 rings (SSSR count). The van der Waals surface area contributed by atoms with Crippen LogP contribution in [0.3, 0.4) is 0 Å². The highest BCUT2D eigenvalue weighted by Gasteiger charge is 2.34. The van der Waals surface area contributed by atoms with Gasteiger partial charge in [0.1, 0.15) is 29.6 Å². The van der Waals surface area contributed by atoms with Crippen LogP contribution in [-0.2, 0) is 22.5 Å². The van der Waals surface area contributed by atoms with Crippen molar-refractivity contribution in [3.63, 3.8) is 0 Å². The molecule has 2 atom stereocenters. The minimum absolute atomic E-state index is 0.0888. The van der Waals surface area contributed by atoms with E-state index in [-0.39, 0.29) is 31.8 Å². The zero-order valence-corrected chi connectivity index (χ0v) is 24.0. The number of alkyl halides is 1. The van der Waals surface area contributed by atoms with Crippen LogP contribution in [0.4, 0.5) is 9.18 Å². The van der Waals surface area contributed by atoms with Gasteiger partial charge in [-0.25, -0.2) is 19.0 Å². The Bertz CT molecular complexity index is 1610. The highest BCUT2D eigenvalue weighted by atomic mass is 35.5. The van der Waals surface area contributed by atoms with Crippen LogP contribution in [-0.4, -0.2) is 61.4 Å². The Morgan fingerprint density at radius 3 is 2.66 bits per heavy atom. The average molecular weight is 604 g/mol. The highest BCUT2D eigenvalue weighted by Crippen LogP contribution is 2.39. The largest absolute Gasteiger partial charge is 0.492 e. The van der Waals surface area contributed by atoms with E-state index in [1.165, 1.54) is 17.2 Å². The summed E-state index contributed by atoms with van der Waals surface area (Å²) >= 11 is 13.4. The van der Waals surface area contributed by atoms with Gasteiger partial charge in [-0.2, -0.15) is 5.10 Å². The van der Waals surface area contributed by atoms with E-state index in [1.807, 2.05) is 0 Å². The first-order valence-corrected chi connectivity index (χ1v) is 13.6. The number of ether oxygens (including phenoxy) is 2. The topological polar surface area (TPSA) is 121 Å². The average Bonchev–Trinajstić information content (AvgIpc) is 3.59. The summed E-state index contributed by atoms with van der Waals surface area (Å²) in [6.45, 7) is 6.01. The number of hydrogen-bond donors (Lipinski definition) is 2. The number of carbonyl (C=O) groups excluding carboxylic acids is 1. The normalized spacial score (nSPS) is 15.5. The van der Waals surface area contributed by atoms with Crippen LogP contribution in [0.2, 0.25) is 10.0 Å². The molecule has 2 aromatic heterocycles. The first-order valence-electron chi connectivity index (χ1n) is 12.9. The first kappa shape index (κ1) is 28.7. The third kappa shape index (κ3) is 6.11. The van der Waals surface area contributed by atoms with Gasteiger partial charge in [-0.15, -0.1) is 0 Å². The number of halogens is 3. The molecule has 2 N–H and O–H groups in total. The summed E-state index contributed by atoms with van der Waals surface area (Å²) in [5.74, 6) is -0.606. The molecule has 0 bridgehead atoms. The molecule has 10 nitrogen and oxygen atoms in total. The second kappa shape index (κ2) is 11.2. The predicted molar refractivity (Wildman–Crippen MR) is 152 cm³/mol. The van der Waals surface area contributed by atoms with Gasteiger partial charge in [-0.1, -0.05) is 35.3 Å². The van der Waals surface area contributed by atoms with Crippen molar-refractivity contribution >= 4 is 46.2 Å². The summed E-state index contributed by atoms with van der Waals surface area (Å²) in [7, 11) is 0. The van der Waals surface area contributed by atoms with E-state index in [0.717, 1.165) is 5.56 Å². The predicted octanol–water partition coefficient (Wildman–Crippen LogP) is 5.68. The first-order chi connectivity index (χ1) is 19.4. The standard InChI is InChI=1S/C28H28Cl2FN5O5/c1-28(2,3)41-27(39)32-8-9-40-17-6-4-15(5-7-17)18-11-20(29)19-13-36(34-23(19)22(18)30)25(26(37)38)24-21-10-16(31)12-35(21)14-33-24/h4-7,11,13-14,16,25H,8-10,12H2,1-3H3,(H,32,39)(H,37,38). The number of rotatable bonds is 8. The molecular weight excluding hydrogens is 576 g/mol. The minimum atomic E-state index is -1.28. The molecule has 1 aliphatic rings. The van der Waals surface area contributed by atoms with Crippen molar-refractivity contribution in [2.45, 2.75) is 51.6 Å². The molecule has 13 heteroatoms. The van der Waals surface area contributed by atoms with Gasteiger partial charge in [0.15, 0.2) is 6.04 Å². The fraction of sp³-hybridized carbons (Fsp3) is 0.357. The molecule has 0 spiro atoms. The summed E-state index contributed by atoms with van der Waals surface area (Å²) in [4.78, 5) is 28.3. The number of alkyl carbamates (subject to hydrolysis) is 1. The molecule has 3 heterocycles. The minimum Gasteiger partial charge on any atom is -0.492 e. The number of aliphatic carboxylic acids is 1. The van der Waals surface area contributed by atoms with Crippen LogP contribution in [0.25, 0.3) is 22.0 Å². The van der Waals surface area contributed by atoms with E-state index in [2.05, 4.69) is 15.4 Å². The smallest absolute Gasteiger partial charge is 0.407 e. The maximum Gasteiger partial charge on any atom is 0.407 e. The molecule has 0 saturated carbocycles. The fourth-order valence-electron chi connectivity index (χ4n) is 4.71. The molecule has 2 unspecified atom stereocenters. The molecule has 0 radical (unpaired) electrons. The van der Waals surface area contributed by atoms with E-state index in [1.54, 1.807) is 55.7 Å². The van der Waals surface area contributed by atoms with Gasteiger partial charge in [0.2, 0.25) is 0 Å². The number of imidazole rings is 1. The number of carboxylic acid groups (broad SMARTS) is 1. The number of hydrogen-bond acceptors (Lipinski definition) is 6. The van der Waals surface area contributed by atoms with Crippen molar-refractivity contribution < 1.29 is 28.6 Å². The highest BCUT2D eigenvalue weighted by molar-refractivity contribution is 6.42. The number of carboxylic acids is 1. The quantitative estimate of drug-likeness (QED) is 0.249. The van der Waals surface area contributed by atoms with E-state index in [4.69, 9.17) is 32.7 Å². The van der Waals surface area contributed by atoms with Crippen LogP contribution < -0.4 is 10.1 Å². The lowest BCUT2D eigenvalue weighted by atomic mass is 10.0. The van der Waals surface area contributed by atoms with Crippen LogP contribution in [0.1, 0.15) is 38.2 Å². The number of nitrogens with one attached hydrogen (secondary N) is 1. The van der Waals surface area contributed by atoms with Crippen molar-refractivity contribution in [2.24, 2.45) is 0 Å². The number of carbonyl (C=O) groups is 2. The molecule has 2 aromatic carbocycles. The molecule has 216 valence electrons. The lowest BCUT2D eigenvalue weighted by molar-refractivity contribution is -0.139. The summed E-state index contributed by atoms with van der Waals surface area (Å²) in [6.07, 6.45) is 1.45. The van der Waals surface area contributed by atoms with Gasteiger partial charge in [0, 0.05) is 29.3 Å². The van der Waals surface area contributed by atoms with E-state index in [9.17, 15) is 19.1 Å². The van der Waals surface area contributed by atoms with E-state index < -0.39 is 29.9 Å². The summed E-state index contributed by atoms with van der Waals surface area (Å²) in [6, 6.07) is 7.54. The second-order valence-electron chi connectivity index (χ2n) is 10.7. The van der Waals surface area contributed by atoms with Crippen LogP contribution in [0, 0.1) is 0 Å². The Hall–Kier alpha value is -3.83. The summed E-state index contributed by atoms with van der Waals surface area (Å²) < 4.78 is 27.7. The number of fused-ring (bicyclic) bond motifs is 2. The zero-order chi connectivity index (χ0) is 29.5. The summed E-state index contributed by atoms with van der Waals surface area (Å²) in [5.41, 5.74) is 1.85. The lowest BCUT2D eigenvalue weighted by Gasteiger charge is -2.19. The van der Waals surface area contributed by atoms with E-state index in [0.29, 0.717) is 38.0 Å². The van der Waals surface area contributed by atoms with Gasteiger partial charge in [0.05, 0.1) is 35.2 Å². The second-order valence-corrected chi connectivity index (χ2v) is 11.4. The van der Waals surface area contributed by atoms with Crippen molar-refractivity contribution in [1.82, 2.24) is 24.6 Å². The maximum absolute atomic E-state index is 14.0. The Balaban J connectivity index is 1.34. The Kier molecular flexibility index (Phi) is 7.85. The molecule has 0 aliphatic carbocycles. The number of aromatic nitrogens is 4. The van der Waals surface area contributed by atoms with Gasteiger partial charge in [0.25, 0.3) is 0 Å². The molecule has 0 fully saturated rings. The monoisotopic (exact) mass is 603 g/mol. The van der Waals surface area contributed by atoms with Crippen molar-refractivity contribution in [3.05, 3.63) is 64.3 Å². The molecular formula is C28H28Cl2FN5O5. The van der Waals surface area contributed by atoms with Crippen LogP contribution in [0.15, 0.2) is 42.9 Å². The number of benzene rings is 2. The fourth-order valence-corrected chi connectivity index (χ4v) is 5.26. The maximum atomic E-state index is 14.0. The SMILES string of the molecule is CC(C)(C)OC(=O)NCCOc1ccc(-c2cc(Cl)c3cn(C(C(=O)O)c4ncn5c4CC(F)C5)nc3c2Cl)cc1. The third-order valence-electron chi connectivity index (χ3n) is 6.45. The Labute approximate surface area is 245 Å². The Morgan fingerprint density at radius 1 is 1.24 bits per heavy atom. The van der Waals surface area contributed by atoms with Gasteiger partial charge < -0.3 is 24.5 Å². The molecule has 1 amide bonds. The van der Waals surface area contributed by atoms with Crippen molar-refractivity contribution in [1.29, 1.82) is 0 Å². The molecule has 1 aliphatic heterocycles. The number of nitrogens with zero attached hydrogens (tertiary/aromatic N) is 4. The Morgan fingerprint density at radius 2 is 1.98 bits per heavy atom. The van der Waals surface area contributed by atoms with Crippen LogP contribution in [0.5, 0.6) is 5.75 Å². The molecule has 4 aromatic rings. The zero-order valence-electron chi connectivity index (χ0n) is 22.5. The molecule has 41 heavy (non-hydrogen) atoms. The van der Waals surface area contributed by atoms with Crippen LogP contribution >= 0.6 is 23.2 Å². The van der Waals surface area contributed by atoms with Gasteiger partial charge in [-0.05, 0) is 44.5 Å². The van der Waals surface area contributed by atoms with Crippen molar-refractivity contribution in [3.8, 4) is 16.9 Å². The van der Waals surface area contributed by atoms with Gasteiger partial charge >= 0.3 is 12.1 Å². The number of amides is 1. The molecule has 0 saturated heterocycles. The third-order valence-corrected chi connectivity index (χ3v) is 7.15. The van der Waals surface area contributed by atoms with Gasteiger partial charge in [-0.3, -0.25) is 4.68 Å². The summed E-state index contributed by atoms with van der Waals surface area (Å²) in [5, 5.41) is 18.3. The van der Waals surface area contributed by atoms with Crippen molar-refractivity contribution in [2.75, 3.05) is 13.2 Å². The van der Waals surface area contributed by atoms with E-state index >= 15 is 0 Å².